The molecule has 2 rings (SSSR count). The molecule has 0 radical (unpaired) electrons. The number of benzene rings is 1. The minimum absolute atomic E-state index is 0.249. The lowest BCUT2D eigenvalue weighted by molar-refractivity contribution is -0.0139. The first-order chi connectivity index (χ1) is 10.3. The summed E-state index contributed by atoms with van der Waals surface area (Å²) in [4.78, 5) is 13.7. The highest BCUT2D eigenvalue weighted by atomic mass is 16.6. The highest BCUT2D eigenvalue weighted by Gasteiger charge is 2.32. The van der Waals surface area contributed by atoms with Gasteiger partial charge in [-0.1, -0.05) is 30.3 Å². The summed E-state index contributed by atoms with van der Waals surface area (Å²) in [5, 5.41) is 10.3. The highest BCUT2D eigenvalue weighted by Crippen LogP contribution is 2.24. The van der Waals surface area contributed by atoms with Crippen LogP contribution in [0.2, 0.25) is 0 Å². The van der Waals surface area contributed by atoms with E-state index in [1.54, 1.807) is 4.90 Å². The Hall–Kier alpha value is -1.55. The molecule has 1 saturated heterocycles. The molecule has 1 N–H and O–H groups in total. The zero-order chi connectivity index (χ0) is 16.2. The van der Waals surface area contributed by atoms with Crippen LogP contribution in [0.1, 0.15) is 39.2 Å². The third kappa shape index (κ3) is 5.02. The number of carbonyl (C=O) groups is 1. The number of rotatable bonds is 3. The molecule has 4 nitrogen and oxygen atoms in total. The van der Waals surface area contributed by atoms with Gasteiger partial charge in [-0.25, -0.2) is 4.79 Å². The molecule has 2 atom stereocenters. The lowest BCUT2D eigenvalue weighted by Crippen LogP contribution is -2.48. The van der Waals surface area contributed by atoms with Crippen molar-refractivity contribution >= 4 is 6.09 Å². The molecule has 2 unspecified atom stereocenters. The molecule has 0 spiro atoms. The van der Waals surface area contributed by atoms with Crippen molar-refractivity contribution in [2.75, 3.05) is 13.1 Å². The molecule has 1 aromatic rings. The van der Waals surface area contributed by atoms with E-state index in [0.29, 0.717) is 13.1 Å². The highest BCUT2D eigenvalue weighted by molar-refractivity contribution is 5.68. The summed E-state index contributed by atoms with van der Waals surface area (Å²) in [5.41, 5.74) is 0.802. The van der Waals surface area contributed by atoms with Crippen LogP contribution in [0.3, 0.4) is 0 Å². The minimum Gasteiger partial charge on any atom is -0.444 e. The molecule has 0 aliphatic carbocycles. The zero-order valence-corrected chi connectivity index (χ0v) is 13.8. The maximum Gasteiger partial charge on any atom is 0.410 e. The first-order valence-electron chi connectivity index (χ1n) is 8.05. The molecule has 1 amide bonds. The second kappa shape index (κ2) is 7.14. The van der Waals surface area contributed by atoms with Crippen LogP contribution in [0, 0.1) is 5.92 Å². The molecule has 0 aromatic heterocycles. The minimum atomic E-state index is -0.494. The number of aliphatic hydroxyl groups excluding tert-OH is 1. The lowest BCUT2D eigenvalue weighted by atomic mass is 9.88. The van der Waals surface area contributed by atoms with Gasteiger partial charge in [-0.15, -0.1) is 0 Å². The maximum absolute atomic E-state index is 12.0. The van der Waals surface area contributed by atoms with Crippen LogP contribution >= 0.6 is 0 Å². The smallest absolute Gasteiger partial charge is 0.410 e. The molecule has 122 valence electrons. The van der Waals surface area contributed by atoms with E-state index in [-0.39, 0.29) is 12.0 Å². The van der Waals surface area contributed by atoms with Crippen molar-refractivity contribution in [1.29, 1.82) is 0 Å². The van der Waals surface area contributed by atoms with Crippen molar-refractivity contribution in [2.24, 2.45) is 5.92 Å². The van der Waals surface area contributed by atoms with Gasteiger partial charge in [0.05, 0.1) is 12.6 Å². The van der Waals surface area contributed by atoms with Gasteiger partial charge in [-0.3, -0.25) is 0 Å². The summed E-state index contributed by atoms with van der Waals surface area (Å²) >= 11 is 0. The first-order valence-corrected chi connectivity index (χ1v) is 8.05. The van der Waals surface area contributed by atoms with Gasteiger partial charge in [0.1, 0.15) is 5.60 Å². The van der Waals surface area contributed by atoms with Crippen LogP contribution in [-0.4, -0.2) is 40.9 Å². The first kappa shape index (κ1) is 16.8. The standard InChI is InChI=1S/C18H27NO3/c1-18(2,3)22-17(21)19-12-11-15(16(20)13-19)10-9-14-7-5-4-6-8-14/h4-8,15-16,20H,9-13H2,1-3H3. The van der Waals surface area contributed by atoms with Crippen molar-refractivity contribution < 1.29 is 14.6 Å². The predicted molar refractivity (Wildman–Crippen MR) is 86.7 cm³/mol. The average molecular weight is 305 g/mol. The quantitative estimate of drug-likeness (QED) is 0.932. The lowest BCUT2D eigenvalue weighted by Gasteiger charge is -2.36. The Morgan fingerprint density at radius 3 is 2.59 bits per heavy atom. The number of hydrogen-bond donors (Lipinski definition) is 1. The Morgan fingerprint density at radius 2 is 2.00 bits per heavy atom. The summed E-state index contributed by atoms with van der Waals surface area (Å²) in [6.45, 7) is 6.59. The van der Waals surface area contributed by atoms with Gasteiger partial charge in [0.2, 0.25) is 0 Å². The second-order valence-electron chi connectivity index (χ2n) is 7.07. The molecule has 1 fully saturated rings. The number of piperidine rings is 1. The molecule has 1 aliphatic rings. The Bertz CT molecular complexity index is 481. The summed E-state index contributed by atoms with van der Waals surface area (Å²) in [5.74, 6) is 0.249. The molecule has 22 heavy (non-hydrogen) atoms. The van der Waals surface area contributed by atoms with Crippen molar-refractivity contribution in [3.05, 3.63) is 35.9 Å². The Labute approximate surface area is 133 Å². The normalized spacial score (nSPS) is 22.5. The van der Waals surface area contributed by atoms with E-state index in [9.17, 15) is 9.90 Å². The summed E-state index contributed by atoms with van der Waals surface area (Å²) < 4.78 is 5.37. The van der Waals surface area contributed by atoms with Gasteiger partial charge in [0.15, 0.2) is 0 Å². The summed E-state index contributed by atoms with van der Waals surface area (Å²) in [7, 11) is 0. The SMILES string of the molecule is CC(C)(C)OC(=O)N1CCC(CCc2ccccc2)C(O)C1. The van der Waals surface area contributed by atoms with Crippen LogP contribution in [0.15, 0.2) is 30.3 Å². The molecular formula is C18H27NO3. The van der Waals surface area contributed by atoms with E-state index >= 15 is 0 Å². The van der Waals surface area contributed by atoms with Gasteiger partial charge in [-0.2, -0.15) is 0 Å². The third-order valence-electron chi connectivity index (χ3n) is 4.02. The molecule has 0 saturated carbocycles. The second-order valence-corrected chi connectivity index (χ2v) is 7.07. The predicted octanol–water partition coefficient (Wildman–Crippen LogP) is 3.24. The summed E-state index contributed by atoms with van der Waals surface area (Å²) in [6, 6.07) is 10.3. The molecule has 1 aliphatic heterocycles. The number of amides is 1. The molecule has 1 aromatic carbocycles. The topological polar surface area (TPSA) is 49.8 Å². The fourth-order valence-electron chi connectivity index (χ4n) is 2.81. The van der Waals surface area contributed by atoms with E-state index in [0.717, 1.165) is 19.3 Å². The van der Waals surface area contributed by atoms with Gasteiger partial charge in [-0.05, 0) is 51.5 Å². The van der Waals surface area contributed by atoms with Crippen molar-refractivity contribution in [1.82, 2.24) is 4.90 Å². The largest absolute Gasteiger partial charge is 0.444 e. The van der Waals surface area contributed by atoms with Crippen LogP contribution in [0.25, 0.3) is 0 Å². The number of ether oxygens (including phenoxy) is 1. The van der Waals surface area contributed by atoms with Gasteiger partial charge >= 0.3 is 6.09 Å². The summed E-state index contributed by atoms with van der Waals surface area (Å²) in [6.07, 6.45) is 1.95. The molecule has 0 bridgehead atoms. The van der Waals surface area contributed by atoms with E-state index in [1.165, 1.54) is 5.56 Å². The fourth-order valence-corrected chi connectivity index (χ4v) is 2.81. The zero-order valence-electron chi connectivity index (χ0n) is 13.8. The monoisotopic (exact) mass is 305 g/mol. The number of nitrogens with zero attached hydrogens (tertiary/aromatic N) is 1. The number of carbonyl (C=O) groups excluding carboxylic acids is 1. The maximum atomic E-state index is 12.0. The van der Waals surface area contributed by atoms with Crippen molar-refractivity contribution in [3.63, 3.8) is 0 Å². The molecular weight excluding hydrogens is 278 g/mol. The Balaban J connectivity index is 1.81. The van der Waals surface area contributed by atoms with Gasteiger partial charge < -0.3 is 14.7 Å². The average Bonchev–Trinajstić information content (AvgIpc) is 2.45. The number of β-amino-alcohol motifs (C(OH)–C–C–N with tert-alkyl or cyclic N) is 1. The van der Waals surface area contributed by atoms with E-state index < -0.39 is 11.7 Å². The van der Waals surface area contributed by atoms with Gasteiger partial charge in [0, 0.05) is 6.54 Å². The van der Waals surface area contributed by atoms with Gasteiger partial charge in [0.25, 0.3) is 0 Å². The molecule has 4 heteroatoms. The van der Waals surface area contributed by atoms with Crippen LogP contribution in [-0.2, 0) is 11.2 Å². The van der Waals surface area contributed by atoms with Crippen molar-refractivity contribution in [3.8, 4) is 0 Å². The van der Waals surface area contributed by atoms with Crippen molar-refractivity contribution in [2.45, 2.75) is 51.7 Å². The van der Waals surface area contributed by atoms with E-state index in [2.05, 4.69) is 12.1 Å². The number of aryl methyl sites for hydroxylation is 1. The van der Waals surface area contributed by atoms with E-state index in [1.807, 2.05) is 39.0 Å². The Kier molecular flexibility index (Phi) is 5.46. The number of likely N-dealkylation sites (tertiary alicyclic amines) is 1. The number of hydrogen-bond acceptors (Lipinski definition) is 3. The third-order valence-corrected chi connectivity index (χ3v) is 4.02. The number of aliphatic hydroxyl groups is 1. The van der Waals surface area contributed by atoms with Crippen LogP contribution < -0.4 is 0 Å². The van der Waals surface area contributed by atoms with E-state index in [4.69, 9.17) is 4.74 Å². The van der Waals surface area contributed by atoms with Crippen LogP contribution in [0.4, 0.5) is 4.79 Å². The Morgan fingerprint density at radius 1 is 1.32 bits per heavy atom. The van der Waals surface area contributed by atoms with Crippen LogP contribution in [0.5, 0.6) is 0 Å². The molecule has 1 heterocycles. The fraction of sp³-hybridized carbons (Fsp3) is 0.611.